The highest BCUT2D eigenvalue weighted by Crippen LogP contribution is 2.23. The number of ketones is 1. The monoisotopic (exact) mass is 170 g/mol. The molecule has 0 bridgehead atoms. The van der Waals surface area contributed by atoms with Crippen LogP contribution in [-0.2, 0) is 14.3 Å². The lowest BCUT2D eigenvalue weighted by molar-refractivity contribution is -0.147. The Morgan fingerprint density at radius 1 is 1.58 bits per heavy atom. The molecule has 0 radical (unpaired) electrons. The first-order valence-electron chi connectivity index (χ1n) is 4.26. The maximum atomic E-state index is 11.4. The van der Waals surface area contributed by atoms with Gasteiger partial charge >= 0.3 is 5.97 Å². The van der Waals surface area contributed by atoms with Gasteiger partial charge < -0.3 is 4.74 Å². The number of esters is 1. The normalized spacial score (nSPS) is 29.2. The highest BCUT2D eigenvalue weighted by molar-refractivity contribution is 6.00. The number of rotatable bonds is 2. The van der Waals surface area contributed by atoms with Crippen molar-refractivity contribution in [2.45, 2.75) is 33.3 Å². The van der Waals surface area contributed by atoms with Gasteiger partial charge in [-0.05, 0) is 6.92 Å². The summed E-state index contributed by atoms with van der Waals surface area (Å²) in [6.45, 7) is 5.42. The molecule has 1 heterocycles. The summed E-state index contributed by atoms with van der Waals surface area (Å²) in [5, 5.41) is 0. The van der Waals surface area contributed by atoms with Crippen LogP contribution < -0.4 is 0 Å². The second-order valence-corrected chi connectivity index (χ2v) is 3.59. The van der Waals surface area contributed by atoms with Crippen molar-refractivity contribution in [3.05, 3.63) is 0 Å². The highest BCUT2D eigenvalue weighted by atomic mass is 16.5. The van der Waals surface area contributed by atoms with Crippen molar-refractivity contribution in [2.24, 2.45) is 11.8 Å². The van der Waals surface area contributed by atoms with Gasteiger partial charge in [0.25, 0.3) is 0 Å². The fourth-order valence-corrected chi connectivity index (χ4v) is 1.39. The molecular formula is C9H14O3. The van der Waals surface area contributed by atoms with Gasteiger partial charge in [0.1, 0.15) is 17.8 Å². The number of carbonyl (C=O) groups is 2. The van der Waals surface area contributed by atoms with Crippen LogP contribution in [0.15, 0.2) is 0 Å². The molecule has 1 aliphatic heterocycles. The van der Waals surface area contributed by atoms with Crippen molar-refractivity contribution in [1.82, 2.24) is 0 Å². The van der Waals surface area contributed by atoms with E-state index in [9.17, 15) is 9.59 Å². The molecule has 0 saturated carbocycles. The third-order valence-electron chi connectivity index (χ3n) is 2.08. The molecule has 1 saturated heterocycles. The summed E-state index contributed by atoms with van der Waals surface area (Å²) in [6, 6.07) is 0. The lowest BCUT2D eigenvalue weighted by atomic mass is 9.93. The van der Waals surface area contributed by atoms with Gasteiger partial charge in [0.05, 0.1) is 0 Å². The van der Waals surface area contributed by atoms with E-state index in [1.165, 1.54) is 0 Å². The molecule has 0 amide bonds. The molecule has 0 aromatic rings. The Balaban J connectivity index is 2.64. The molecule has 2 unspecified atom stereocenters. The van der Waals surface area contributed by atoms with Crippen LogP contribution in [0.25, 0.3) is 0 Å². The molecule has 0 aromatic heterocycles. The molecule has 1 aliphatic rings. The summed E-state index contributed by atoms with van der Waals surface area (Å²) < 4.78 is 4.89. The number of ether oxygens (including phenoxy) is 1. The summed E-state index contributed by atoms with van der Waals surface area (Å²) in [7, 11) is 0. The van der Waals surface area contributed by atoms with Crippen LogP contribution in [0.3, 0.4) is 0 Å². The minimum Gasteiger partial charge on any atom is -0.462 e. The zero-order valence-electron chi connectivity index (χ0n) is 7.66. The van der Waals surface area contributed by atoms with Crippen LogP contribution in [0.1, 0.15) is 27.2 Å². The van der Waals surface area contributed by atoms with Crippen molar-refractivity contribution in [2.75, 3.05) is 0 Å². The second-order valence-electron chi connectivity index (χ2n) is 3.59. The number of cyclic esters (lactones) is 1. The van der Waals surface area contributed by atoms with E-state index >= 15 is 0 Å². The molecule has 0 aliphatic carbocycles. The molecule has 68 valence electrons. The molecule has 0 N–H and O–H groups in total. The summed E-state index contributed by atoms with van der Waals surface area (Å²) >= 11 is 0. The van der Waals surface area contributed by atoms with E-state index in [0.717, 1.165) is 0 Å². The molecular weight excluding hydrogens is 156 g/mol. The van der Waals surface area contributed by atoms with Gasteiger partial charge in [0.15, 0.2) is 0 Å². The van der Waals surface area contributed by atoms with Gasteiger partial charge in [-0.15, -0.1) is 0 Å². The Labute approximate surface area is 72.1 Å². The Kier molecular flexibility index (Phi) is 2.50. The second kappa shape index (κ2) is 3.25. The third kappa shape index (κ3) is 1.65. The minimum absolute atomic E-state index is 0.00403. The first-order chi connectivity index (χ1) is 5.52. The van der Waals surface area contributed by atoms with E-state index in [-0.39, 0.29) is 23.8 Å². The fraction of sp³-hybridized carbons (Fsp3) is 0.778. The van der Waals surface area contributed by atoms with Crippen LogP contribution in [0.2, 0.25) is 0 Å². The minimum atomic E-state index is -0.500. The van der Waals surface area contributed by atoms with Gasteiger partial charge in [-0.1, -0.05) is 13.8 Å². The standard InChI is InChI=1S/C9H14O3/c1-5(2)8(10)7-4-6(3)12-9(7)11/h5-7H,4H2,1-3H3. The molecule has 3 nitrogen and oxygen atoms in total. The summed E-state index contributed by atoms with van der Waals surface area (Å²) in [5.74, 6) is -0.918. The molecule has 1 fully saturated rings. The van der Waals surface area contributed by atoms with E-state index in [0.29, 0.717) is 6.42 Å². The smallest absolute Gasteiger partial charge is 0.316 e. The van der Waals surface area contributed by atoms with E-state index in [1.807, 2.05) is 6.92 Å². The van der Waals surface area contributed by atoms with Crippen LogP contribution in [0.5, 0.6) is 0 Å². The van der Waals surface area contributed by atoms with E-state index in [2.05, 4.69) is 0 Å². The number of hydrogen-bond donors (Lipinski definition) is 0. The summed E-state index contributed by atoms with van der Waals surface area (Å²) in [5.41, 5.74) is 0. The molecule has 1 rings (SSSR count). The maximum Gasteiger partial charge on any atom is 0.316 e. The molecule has 12 heavy (non-hydrogen) atoms. The van der Waals surface area contributed by atoms with Crippen molar-refractivity contribution >= 4 is 11.8 Å². The predicted molar refractivity (Wildman–Crippen MR) is 43.5 cm³/mol. The van der Waals surface area contributed by atoms with Gasteiger partial charge in [-0.3, -0.25) is 9.59 Å². The van der Waals surface area contributed by atoms with Gasteiger partial charge in [0.2, 0.25) is 0 Å². The van der Waals surface area contributed by atoms with Gasteiger partial charge in [-0.2, -0.15) is 0 Å². The van der Waals surface area contributed by atoms with Crippen molar-refractivity contribution in [3.8, 4) is 0 Å². The van der Waals surface area contributed by atoms with E-state index < -0.39 is 5.92 Å². The van der Waals surface area contributed by atoms with E-state index in [1.54, 1.807) is 13.8 Å². The average molecular weight is 170 g/mol. The third-order valence-corrected chi connectivity index (χ3v) is 2.08. The first-order valence-corrected chi connectivity index (χ1v) is 4.26. The van der Waals surface area contributed by atoms with Crippen molar-refractivity contribution in [3.63, 3.8) is 0 Å². The Hall–Kier alpha value is -0.860. The largest absolute Gasteiger partial charge is 0.462 e. The van der Waals surface area contributed by atoms with Gasteiger partial charge in [0, 0.05) is 12.3 Å². The molecule has 0 aromatic carbocycles. The van der Waals surface area contributed by atoms with Crippen LogP contribution in [0.4, 0.5) is 0 Å². The lowest BCUT2D eigenvalue weighted by Crippen LogP contribution is -2.23. The quantitative estimate of drug-likeness (QED) is 0.461. The highest BCUT2D eigenvalue weighted by Gasteiger charge is 2.37. The molecule has 2 atom stereocenters. The predicted octanol–water partition coefficient (Wildman–Crippen LogP) is 1.16. The van der Waals surface area contributed by atoms with Crippen molar-refractivity contribution < 1.29 is 14.3 Å². The Bertz CT molecular complexity index is 208. The molecule has 0 spiro atoms. The topological polar surface area (TPSA) is 43.4 Å². The van der Waals surface area contributed by atoms with E-state index in [4.69, 9.17) is 4.74 Å². The lowest BCUT2D eigenvalue weighted by Gasteiger charge is -2.06. The zero-order valence-corrected chi connectivity index (χ0v) is 7.66. The van der Waals surface area contributed by atoms with Crippen LogP contribution >= 0.6 is 0 Å². The first kappa shape index (κ1) is 9.23. The fourth-order valence-electron chi connectivity index (χ4n) is 1.39. The average Bonchev–Trinajstić information content (AvgIpc) is 2.28. The summed E-state index contributed by atoms with van der Waals surface area (Å²) in [4.78, 5) is 22.5. The SMILES string of the molecule is CC1CC(C(=O)C(C)C)C(=O)O1. The van der Waals surface area contributed by atoms with Crippen molar-refractivity contribution in [1.29, 1.82) is 0 Å². The number of hydrogen-bond acceptors (Lipinski definition) is 3. The Morgan fingerprint density at radius 3 is 2.50 bits per heavy atom. The zero-order chi connectivity index (χ0) is 9.30. The number of Topliss-reactive ketones (excluding diaryl/α,β-unsaturated/α-hetero) is 1. The van der Waals surface area contributed by atoms with Gasteiger partial charge in [-0.25, -0.2) is 0 Å². The van der Waals surface area contributed by atoms with Crippen LogP contribution in [0, 0.1) is 11.8 Å². The van der Waals surface area contributed by atoms with Crippen LogP contribution in [-0.4, -0.2) is 17.9 Å². The Morgan fingerprint density at radius 2 is 2.17 bits per heavy atom. The summed E-state index contributed by atoms with van der Waals surface area (Å²) in [6.07, 6.45) is 0.459. The maximum absolute atomic E-state index is 11.4. The number of carbonyl (C=O) groups excluding carboxylic acids is 2. The molecule has 3 heteroatoms.